The van der Waals surface area contributed by atoms with E-state index in [2.05, 4.69) is 50.3 Å². The maximum absolute atomic E-state index is 11.6. The molecule has 1 heterocycles. The number of aryl methyl sites for hydroxylation is 1. The molecule has 1 unspecified atom stereocenters. The molecule has 0 fully saturated rings. The van der Waals surface area contributed by atoms with Gasteiger partial charge in [0.25, 0.3) is 0 Å². The minimum Gasteiger partial charge on any atom is -0.505 e. The quantitative estimate of drug-likeness (QED) is 0.142. The predicted molar refractivity (Wildman–Crippen MR) is 145 cm³/mol. The second kappa shape index (κ2) is 11.5. The van der Waals surface area contributed by atoms with Crippen LogP contribution in [0.15, 0.2) is 30.3 Å². The average Bonchev–Trinajstić information content (AvgIpc) is 3.20. The molecule has 3 aromatic rings. The number of benzene rings is 2. The zero-order valence-electron chi connectivity index (χ0n) is 20.6. The molecule has 6 nitrogen and oxygen atoms in total. The van der Waals surface area contributed by atoms with Gasteiger partial charge in [-0.2, -0.15) is 0 Å². The first kappa shape index (κ1) is 26.4. The number of aliphatic carboxylic acids is 1. The molecule has 2 N–H and O–H groups in total. The summed E-state index contributed by atoms with van der Waals surface area (Å²) in [6, 6.07) is 9.66. The van der Waals surface area contributed by atoms with Gasteiger partial charge in [-0.1, -0.05) is 101 Å². The van der Waals surface area contributed by atoms with Gasteiger partial charge in [-0.25, -0.2) is 0 Å². The first-order valence-electron chi connectivity index (χ1n) is 12.2. The number of nitrogens with zero attached hydrogens (tertiary/aromatic N) is 3. The molecule has 34 heavy (non-hydrogen) atoms. The van der Waals surface area contributed by atoms with E-state index < -0.39 is 5.97 Å². The van der Waals surface area contributed by atoms with Gasteiger partial charge < -0.3 is 10.2 Å². The molecule has 0 bridgehead atoms. The summed E-state index contributed by atoms with van der Waals surface area (Å²) in [5.74, 6) is -0.653. The molecule has 7 heteroatoms. The lowest BCUT2D eigenvalue weighted by Crippen LogP contribution is -2.17. The number of alkyl halides is 1. The van der Waals surface area contributed by atoms with Crippen LogP contribution in [0.4, 0.5) is 0 Å². The van der Waals surface area contributed by atoms with Crippen molar-refractivity contribution >= 4 is 39.6 Å². The Hall–Kier alpha value is -2.16. The van der Waals surface area contributed by atoms with Crippen molar-refractivity contribution in [1.29, 1.82) is 0 Å². The van der Waals surface area contributed by atoms with E-state index in [1.165, 1.54) is 25.7 Å². The number of fused-ring (bicyclic) bond motifs is 1. The molecule has 1 aromatic heterocycles. The Morgan fingerprint density at radius 1 is 1.09 bits per heavy atom. The standard InChI is InChI=1S/C27H36IN3O3/c1-5-6-7-8-9-12-20(28)24-18(15-16-23(32)33)17-19(27(2,3)4)26(34)25(24)31-29-21-13-10-11-14-22(21)30-31/h10-11,13-14,17,20,34H,5-9,12,15-16H2,1-4H3,(H,32,33). The highest BCUT2D eigenvalue weighted by molar-refractivity contribution is 14.1. The second-order valence-corrected chi connectivity index (χ2v) is 11.5. The molecular formula is C27H36IN3O3. The number of halogens is 1. The summed E-state index contributed by atoms with van der Waals surface area (Å²) in [5.41, 5.74) is 4.44. The average molecular weight is 578 g/mol. The number of phenols is 1. The number of carbonyl (C=O) groups is 1. The fourth-order valence-electron chi connectivity index (χ4n) is 4.33. The topological polar surface area (TPSA) is 88.2 Å². The number of aromatic hydroxyl groups is 1. The van der Waals surface area contributed by atoms with Crippen molar-refractivity contribution < 1.29 is 15.0 Å². The predicted octanol–water partition coefficient (Wildman–Crippen LogP) is 7.28. The molecule has 0 saturated heterocycles. The van der Waals surface area contributed by atoms with Gasteiger partial charge in [0.2, 0.25) is 0 Å². The Bertz CT molecular complexity index is 1100. The van der Waals surface area contributed by atoms with Crippen molar-refractivity contribution in [1.82, 2.24) is 15.0 Å². The van der Waals surface area contributed by atoms with Gasteiger partial charge >= 0.3 is 5.97 Å². The molecule has 0 aliphatic rings. The van der Waals surface area contributed by atoms with Crippen molar-refractivity contribution in [3.8, 4) is 11.4 Å². The first-order chi connectivity index (χ1) is 16.1. The molecule has 0 amide bonds. The van der Waals surface area contributed by atoms with Gasteiger partial charge in [-0.3, -0.25) is 4.79 Å². The van der Waals surface area contributed by atoms with Crippen LogP contribution in [0.5, 0.6) is 5.75 Å². The summed E-state index contributed by atoms with van der Waals surface area (Å²) in [7, 11) is 0. The van der Waals surface area contributed by atoms with Crippen LogP contribution in [0.3, 0.4) is 0 Å². The van der Waals surface area contributed by atoms with Crippen LogP contribution < -0.4 is 0 Å². The van der Waals surface area contributed by atoms with Gasteiger partial charge in [0.05, 0.1) is 0 Å². The molecule has 0 radical (unpaired) electrons. The summed E-state index contributed by atoms with van der Waals surface area (Å²) in [6.45, 7) is 8.36. The van der Waals surface area contributed by atoms with Crippen molar-refractivity contribution in [2.45, 2.75) is 88.4 Å². The summed E-state index contributed by atoms with van der Waals surface area (Å²) in [4.78, 5) is 13.0. The highest BCUT2D eigenvalue weighted by Crippen LogP contribution is 2.45. The zero-order valence-corrected chi connectivity index (χ0v) is 22.8. The van der Waals surface area contributed by atoms with Gasteiger partial charge in [0.15, 0.2) is 0 Å². The molecule has 0 saturated carbocycles. The number of rotatable bonds is 11. The maximum atomic E-state index is 11.6. The molecule has 0 aliphatic carbocycles. The maximum Gasteiger partial charge on any atom is 0.303 e. The largest absolute Gasteiger partial charge is 0.505 e. The Balaban J connectivity index is 2.17. The van der Waals surface area contributed by atoms with E-state index in [4.69, 9.17) is 10.2 Å². The van der Waals surface area contributed by atoms with Crippen LogP contribution in [0.25, 0.3) is 16.7 Å². The van der Waals surface area contributed by atoms with Crippen molar-refractivity contribution in [3.63, 3.8) is 0 Å². The van der Waals surface area contributed by atoms with Crippen LogP contribution in [0.1, 0.15) is 93.3 Å². The molecule has 3 rings (SSSR count). The number of unbranched alkanes of at least 4 members (excludes halogenated alkanes) is 4. The van der Waals surface area contributed by atoms with Crippen molar-refractivity contribution in [2.75, 3.05) is 0 Å². The third-order valence-electron chi connectivity index (χ3n) is 6.18. The number of aromatic nitrogens is 3. The van der Waals surface area contributed by atoms with Crippen LogP contribution in [0, 0.1) is 0 Å². The van der Waals surface area contributed by atoms with Crippen LogP contribution in [-0.2, 0) is 16.6 Å². The van der Waals surface area contributed by atoms with Gasteiger partial charge in [-0.15, -0.1) is 15.0 Å². The number of phenolic OH excluding ortho intramolecular Hbond substituents is 1. The van der Waals surface area contributed by atoms with Crippen molar-refractivity contribution in [2.24, 2.45) is 0 Å². The molecule has 2 aromatic carbocycles. The van der Waals surface area contributed by atoms with Crippen LogP contribution in [-0.4, -0.2) is 31.2 Å². The molecule has 184 valence electrons. The third kappa shape index (κ3) is 6.29. The smallest absolute Gasteiger partial charge is 0.303 e. The van der Waals surface area contributed by atoms with E-state index in [0.717, 1.165) is 40.6 Å². The van der Waals surface area contributed by atoms with Crippen LogP contribution >= 0.6 is 22.6 Å². The van der Waals surface area contributed by atoms with Crippen LogP contribution in [0.2, 0.25) is 0 Å². The van der Waals surface area contributed by atoms with E-state index in [0.29, 0.717) is 12.1 Å². The molecule has 0 spiro atoms. The van der Waals surface area contributed by atoms with E-state index in [1.807, 2.05) is 30.3 Å². The van der Waals surface area contributed by atoms with Crippen molar-refractivity contribution in [3.05, 3.63) is 47.0 Å². The van der Waals surface area contributed by atoms with Gasteiger partial charge in [0.1, 0.15) is 22.5 Å². The minimum atomic E-state index is -0.828. The Morgan fingerprint density at radius 3 is 2.26 bits per heavy atom. The summed E-state index contributed by atoms with van der Waals surface area (Å²) in [6.07, 6.45) is 7.31. The summed E-state index contributed by atoms with van der Waals surface area (Å²) >= 11 is 2.44. The van der Waals surface area contributed by atoms with Gasteiger partial charge in [-0.05, 0) is 41.5 Å². The highest BCUT2D eigenvalue weighted by Gasteiger charge is 2.29. The SMILES string of the molecule is CCCCCCCC(I)c1c(CCC(=O)O)cc(C(C)(C)C)c(O)c1-n1nc2ccccc2n1. The number of carboxylic acid groups (broad SMARTS) is 1. The fraction of sp³-hybridized carbons (Fsp3) is 0.519. The monoisotopic (exact) mass is 577 g/mol. The van der Waals surface area contributed by atoms with E-state index in [-0.39, 0.29) is 21.5 Å². The summed E-state index contributed by atoms with van der Waals surface area (Å²) < 4.78 is 0.104. The molecule has 0 aliphatic heterocycles. The van der Waals surface area contributed by atoms with E-state index in [9.17, 15) is 15.0 Å². The Labute approximate surface area is 215 Å². The summed E-state index contributed by atoms with van der Waals surface area (Å²) in [5, 5.41) is 30.4. The highest BCUT2D eigenvalue weighted by atomic mass is 127. The fourth-order valence-corrected chi connectivity index (χ4v) is 5.47. The molecular weight excluding hydrogens is 541 g/mol. The lowest BCUT2D eigenvalue weighted by molar-refractivity contribution is -0.136. The zero-order chi connectivity index (χ0) is 24.9. The Kier molecular flexibility index (Phi) is 8.95. The van der Waals surface area contributed by atoms with E-state index in [1.54, 1.807) is 4.80 Å². The van der Waals surface area contributed by atoms with E-state index >= 15 is 0 Å². The third-order valence-corrected chi connectivity index (χ3v) is 7.42. The normalized spacial score (nSPS) is 12.9. The number of hydrogen-bond acceptors (Lipinski definition) is 4. The number of hydrogen-bond donors (Lipinski definition) is 2. The lowest BCUT2D eigenvalue weighted by Gasteiger charge is -2.27. The number of carboxylic acids is 1. The second-order valence-electron chi connectivity index (χ2n) is 9.99. The molecule has 1 atom stereocenters. The van der Waals surface area contributed by atoms with Gasteiger partial charge in [0, 0.05) is 15.9 Å². The Morgan fingerprint density at radius 2 is 1.71 bits per heavy atom. The first-order valence-corrected chi connectivity index (χ1v) is 13.5. The lowest BCUT2D eigenvalue weighted by atomic mass is 9.82. The minimum absolute atomic E-state index is 0.0369.